The highest BCUT2D eigenvalue weighted by Crippen LogP contribution is 2.18. The normalized spacial score (nSPS) is 22.0. The fourth-order valence-electron chi connectivity index (χ4n) is 2.96. The molecule has 2 aromatic rings. The van der Waals surface area contributed by atoms with Crippen LogP contribution in [0.15, 0.2) is 30.6 Å². The Balaban J connectivity index is 1.69. The molecule has 0 aliphatic carbocycles. The van der Waals surface area contributed by atoms with Crippen LogP contribution < -0.4 is 16.2 Å². The summed E-state index contributed by atoms with van der Waals surface area (Å²) < 4.78 is 0. The summed E-state index contributed by atoms with van der Waals surface area (Å²) in [6, 6.07) is 7.22. The number of pyridine rings is 1. The maximum absolute atomic E-state index is 4.64. The molecule has 2 aromatic heterocycles. The lowest BCUT2D eigenvalue weighted by molar-refractivity contribution is 0.493. The van der Waals surface area contributed by atoms with Crippen LogP contribution in [0.25, 0.3) is 11.4 Å². The number of nitrogens with zero attached hydrogens (tertiary/aromatic N) is 3. The predicted octanol–water partition coefficient (Wildman–Crippen LogP) is 2.29. The van der Waals surface area contributed by atoms with E-state index in [4.69, 9.17) is 0 Å². The Labute approximate surface area is 137 Å². The van der Waals surface area contributed by atoms with E-state index in [1.54, 1.807) is 12.4 Å². The average molecular weight is 312 g/mol. The topological polar surface area (TPSA) is 74.8 Å². The number of anilines is 1. The third-order valence-electron chi connectivity index (χ3n) is 3.98. The van der Waals surface area contributed by atoms with Crippen LogP contribution in [0, 0.1) is 6.92 Å². The van der Waals surface area contributed by atoms with Crippen LogP contribution in [0.2, 0.25) is 0 Å². The molecule has 122 valence electrons. The molecule has 1 aliphatic heterocycles. The standard InChI is InChI=1S/C17H24N6/c1-11(7-15-8-13(3)22-23-15)19-16-9-12(2)20-17(21-16)14-5-4-6-18-10-14/h4-6,9-11,13,15,22-23H,7-8H2,1-3H3,(H,19,20,21). The van der Waals surface area contributed by atoms with Gasteiger partial charge in [0.15, 0.2) is 5.82 Å². The molecule has 3 atom stereocenters. The zero-order chi connectivity index (χ0) is 16.2. The van der Waals surface area contributed by atoms with Crippen molar-refractivity contribution in [3.8, 4) is 11.4 Å². The molecule has 0 aromatic carbocycles. The van der Waals surface area contributed by atoms with Crippen molar-refractivity contribution in [2.24, 2.45) is 0 Å². The van der Waals surface area contributed by atoms with Gasteiger partial charge in [0.1, 0.15) is 5.82 Å². The average Bonchev–Trinajstić information content (AvgIpc) is 2.92. The van der Waals surface area contributed by atoms with Gasteiger partial charge in [-0.2, -0.15) is 0 Å². The Hall–Kier alpha value is -2.05. The highest BCUT2D eigenvalue weighted by Gasteiger charge is 2.22. The van der Waals surface area contributed by atoms with Crippen LogP contribution in [-0.2, 0) is 0 Å². The molecule has 1 fully saturated rings. The van der Waals surface area contributed by atoms with Crippen molar-refractivity contribution in [2.75, 3.05) is 5.32 Å². The van der Waals surface area contributed by atoms with Crippen molar-refractivity contribution in [3.05, 3.63) is 36.3 Å². The molecule has 0 radical (unpaired) electrons. The molecule has 3 unspecified atom stereocenters. The number of aryl methyl sites for hydroxylation is 1. The molecule has 1 aliphatic rings. The summed E-state index contributed by atoms with van der Waals surface area (Å²) in [5.74, 6) is 1.57. The van der Waals surface area contributed by atoms with E-state index in [1.807, 2.05) is 25.1 Å². The number of rotatable bonds is 5. The van der Waals surface area contributed by atoms with E-state index in [1.165, 1.54) is 0 Å². The summed E-state index contributed by atoms with van der Waals surface area (Å²) in [5.41, 5.74) is 8.49. The highest BCUT2D eigenvalue weighted by atomic mass is 15.4. The Kier molecular flexibility index (Phi) is 4.83. The lowest BCUT2D eigenvalue weighted by Gasteiger charge is -2.19. The first-order chi connectivity index (χ1) is 11.1. The third-order valence-corrected chi connectivity index (χ3v) is 3.98. The van der Waals surface area contributed by atoms with E-state index >= 15 is 0 Å². The number of hydrogen-bond acceptors (Lipinski definition) is 6. The van der Waals surface area contributed by atoms with Gasteiger partial charge >= 0.3 is 0 Å². The molecule has 0 saturated carbocycles. The van der Waals surface area contributed by atoms with Crippen LogP contribution in [-0.4, -0.2) is 33.1 Å². The summed E-state index contributed by atoms with van der Waals surface area (Å²) in [5, 5.41) is 3.50. The van der Waals surface area contributed by atoms with E-state index in [9.17, 15) is 0 Å². The molecule has 6 nitrogen and oxygen atoms in total. The van der Waals surface area contributed by atoms with E-state index < -0.39 is 0 Å². The van der Waals surface area contributed by atoms with E-state index in [2.05, 4.69) is 45.0 Å². The summed E-state index contributed by atoms with van der Waals surface area (Å²) in [7, 11) is 0. The van der Waals surface area contributed by atoms with Gasteiger partial charge in [-0.3, -0.25) is 15.8 Å². The van der Waals surface area contributed by atoms with Crippen molar-refractivity contribution in [2.45, 2.75) is 51.7 Å². The quantitative estimate of drug-likeness (QED) is 0.786. The Morgan fingerprint density at radius 2 is 2.22 bits per heavy atom. The van der Waals surface area contributed by atoms with Gasteiger partial charge in [0.25, 0.3) is 0 Å². The van der Waals surface area contributed by atoms with Gasteiger partial charge in [0, 0.05) is 47.8 Å². The molecule has 3 heterocycles. The minimum Gasteiger partial charge on any atom is -0.367 e. The van der Waals surface area contributed by atoms with Crippen molar-refractivity contribution >= 4 is 5.82 Å². The van der Waals surface area contributed by atoms with Gasteiger partial charge in [-0.1, -0.05) is 0 Å². The molecule has 23 heavy (non-hydrogen) atoms. The van der Waals surface area contributed by atoms with Crippen LogP contribution in [0.3, 0.4) is 0 Å². The van der Waals surface area contributed by atoms with Crippen LogP contribution in [0.1, 0.15) is 32.4 Å². The van der Waals surface area contributed by atoms with Crippen molar-refractivity contribution in [1.82, 2.24) is 25.8 Å². The molecule has 6 heteroatoms. The monoisotopic (exact) mass is 312 g/mol. The summed E-state index contributed by atoms with van der Waals surface area (Å²) in [6.07, 6.45) is 5.74. The Bertz CT molecular complexity index is 645. The van der Waals surface area contributed by atoms with Crippen LogP contribution in [0.5, 0.6) is 0 Å². The maximum Gasteiger partial charge on any atom is 0.163 e. The fourth-order valence-corrected chi connectivity index (χ4v) is 2.96. The van der Waals surface area contributed by atoms with Crippen LogP contribution >= 0.6 is 0 Å². The Morgan fingerprint density at radius 1 is 1.35 bits per heavy atom. The lowest BCUT2D eigenvalue weighted by Crippen LogP contribution is -2.35. The zero-order valence-electron chi connectivity index (χ0n) is 13.9. The largest absolute Gasteiger partial charge is 0.367 e. The first kappa shape index (κ1) is 15.8. The number of nitrogens with one attached hydrogen (secondary N) is 3. The van der Waals surface area contributed by atoms with Crippen molar-refractivity contribution in [3.63, 3.8) is 0 Å². The Morgan fingerprint density at radius 3 is 2.91 bits per heavy atom. The molecule has 1 saturated heterocycles. The maximum atomic E-state index is 4.64. The van der Waals surface area contributed by atoms with E-state index in [0.29, 0.717) is 23.9 Å². The third kappa shape index (κ3) is 4.24. The first-order valence-corrected chi connectivity index (χ1v) is 8.14. The number of hydrazine groups is 1. The molecule has 0 amide bonds. The second-order valence-electron chi connectivity index (χ2n) is 6.36. The molecule has 0 spiro atoms. The lowest BCUT2D eigenvalue weighted by atomic mass is 10.0. The van der Waals surface area contributed by atoms with Gasteiger partial charge in [-0.05, 0) is 45.7 Å². The second-order valence-corrected chi connectivity index (χ2v) is 6.36. The van der Waals surface area contributed by atoms with Gasteiger partial charge < -0.3 is 5.32 Å². The number of hydrogen-bond donors (Lipinski definition) is 3. The van der Waals surface area contributed by atoms with Gasteiger partial charge in [-0.25, -0.2) is 9.97 Å². The fraction of sp³-hybridized carbons (Fsp3) is 0.471. The van der Waals surface area contributed by atoms with Gasteiger partial charge in [0.2, 0.25) is 0 Å². The zero-order valence-corrected chi connectivity index (χ0v) is 13.9. The SMILES string of the molecule is Cc1cc(NC(C)CC2CC(C)NN2)nc(-c2cccnc2)n1. The molecule has 3 N–H and O–H groups in total. The minimum absolute atomic E-state index is 0.329. The van der Waals surface area contributed by atoms with Crippen LogP contribution in [0.4, 0.5) is 5.82 Å². The second kappa shape index (κ2) is 7.02. The van der Waals surface area contributed by atoms with E-state index in [0.717, 1.165) is 29.9 Å². The summed E-state index contributed by atoms with van der Waals surface area (Å²) in [4.78, 5) is 13.3. The van der Waals surface area contributed by atoms with Gasteiger partial charge in [-0.15, -0.1) is 0 Å². The summed E-state index contributed by atoms with van der Waals surface area (Å²) >= 11 is 0. The van der Waals surface area contributed by atoms with Crippen molar-refractivity contribution in [1.29, 1.82) is 0 Å². The number of aromatic nitrogens is 3. The summed E-state index contributed by atoms with van der Waals surface area (Å²) in [6.45, 7) is 6.37. The molecule has 3 rings (SSSR count). The highest BCUT2D eigenvalue weighted by molar-refractivity contribution is 5.56. The molecular weight excluding hydrogens is 288 g/mol. The minimum atomic E-state index is 0.329. The first-order valence-electron chi connectivity index (χ1n) is 8.14. The van der Waals surface area contributed by atoms with E-state index in [-0.39, 0.29) is 0 Å². The predicted molar refractivity (Wildman–Crippen MR) is 91.8 cm³/mol. The smallest absolute Gasteiger partial charge is 0.163 e. The van der Waals surface area contributed by atoms with Gasteiger partial charge in [0.05, 0.1) is 0 Å². The van der Waals surface area contributed by atoms with Crippen molar-refractivity contribution < 1.29 is 0 Å². The molecule has 0 bridgehead atoms. The molecular formula is C17H24N6.